The lowest BCUT2D eigenvalue weighted by molar-refractivity contribution is -0.00828. The number of rotatable bonds is 6. The number of aliphatic imine (C=N–C) groups is 1. The Kier molecular flexibility index (Phi) is 9.53. The summed E-state index contributed by atoms with van der Waals surface area (Å²) in [6, 6.07) is 16.6. The Balaban J connectivity index is 0.00000320. The van der Waals surface area contributed by atoms with E-state index in [1.807, 2.05) is 12.1 Å². The molecule has 1 fully saturated rings. The second kappa shape index (κ2) is 11.6. The van der Waals surface area contributed by atoms with Gasteiger partial charge in [0.2, 0.25) is 10.0 Å². The minimum Gasteiger partial charge on any atom is -0.370 e. The Labute approximate surface area is 196 Å². The van der Waals surface area contributed by atoms with Crippen LogP contribution in [-0.4, -0.2) is 59.1 Å². The van der Waals surface area contributed by atoms with Crippen LogP contribution in [-0.2, 0) is 14.8 Å². The van der Waals surface area contributed by atoms with Crippen LogP contribution in [0.1, 0.15) is 17.2 Å². The van der Waals surface area contributed by atoms with Crippen LogP contribution in [0.15, 0.2) is 64.5 Å². The Morgan fingerprint density at radius 2 is 1.83 bits per heavy atom. The predicted molar refractivity (Wildman–Crippen MR) is 130 cm³/mol. The van der Waals surface area contributed by atoms with Gasteiger partial charge in [-0.2, -0.15) is 0 Å². The Morgan fingerprint density at radius 3 is 2.53 bits per heavy atom. The highest BCUT2D eigenvalue weighted by Crippen LogP contribution is 2.24. The summed E-state index contributed by atoms with van der Waals surface area (Å²) in [7, 11) is -1.77. The molecule has 1 aliphatic heterocycles. The van der Waals surface area contributed by atoms with Crippen molar-refractivity contribution in [3.05, 3.63) is 65.7 Å². The third-order valence-electron chi connectivity index (χ3n) is 4.87. The third-order valence-corrected chi connectivity index (χ3v) is 6.34. The second-order valence-electron chi connectivity index (χ2n) is 6.85. The van der Waals surface area contributed by atoms with Gasteiger partial charge in [0, 0.05) is 26.7 Å². The van der Waals surface area contributed by atoms with Crippen molar-refractivity contribution in [1.82, 2.24) is 14.9 Å². The number of ether oxygens (including phenoxy) is 1. The van der Waals surface area contributed by atoms with Crippen LogP contribution in [0.25, 0.3) is 0 Å². The first-order valence-electron chi connectivity index (χ1n) is 9.68. The molecule has 164 valence electrons. The Hall–Kier alpha value is -1.69. The van der Waals surface area contributed by atoms with E-state index in [9.17, 15) is 8.42 Å². The van der Waals surface area contributed by atoms with Gasteiger partial charge in [0.05, 0.1) is 18.0 Å². The number of benzene rings is 2. The van der Waals surface area contributed by atoms with Gasteiger partial charge in [-0.3, -0.25) is 4.99 Å². The highest BCUT2D eigenvalue weighted by atomic mass is 127. The average molecular weight is 544 g/mol. The van der Waals surface area contributed by atoms with Gasteiger partial charge >= 0.3 is 0 Å². The van der Waals surface area contributed by atoms with E-state index in [1.54, 1.807) is 37.4 Å². The van der Waals surface area contributed by atoms with E-state index in [-0.39, 0.29) is 41.5 Å². The molecule has 0 bridgehead atoms. The maximum Gasteiger partial charge on any atom is 0.240 e. The molecule has 0 amide bonds. The largest absolute Gasteiger partial charge is 0.370 e. The van der Waals surface area contributed by atoms with Gasteiger partial charge in [-0.05, 0) is 30.2 Å². The van der Waals surface area contributed by atoms with Crippen molar-refractivity contribution in [2.24, 2.45) is 4.99 Å². The van der Waals surface area contributed by atoms with Gasteiger partial charge < -0.3 is 15.0 Å². The first-order valence-corrected chi connectivity index (χ1v) is 11.2. The number of nitrogens with zero attached hydrogens (tertiary/aromatic N) is 2. The van der Waals surface area contributed by atoms with Crippen molar-refractivity contribution in [2.75, 3.05) is 39.8 Å². The van der Waals surface area contributed by atoms with E-state index in [4.69, 9.17) is 4.74 Å². The average Bonchev–Trinajstić information content (AvgIpc) is 2.75. The van der Waals surface area contributed by atoms with Crippen LogP contribution in [0, 0.1) is 6.92 Å². The standard InChI is InChI=1S/C21H28N4O3S.HI/c1-17-8-6-7-11-19(17)20-16-25(14-15-28-20)21(22-2)23-12-13-24-29(26,27)18-9-4-3-5-10-18;/h3-11,20,24H,12-16H2,1-2H3,(H,22,23);1H. The van der Waals surface area contributed by atoms with Crippen LogP contribution in [0.2, 0.25) is 0 Å². The van der Waals surface area contributed by atoms with Crippen molar-refractivity contribution in [3.63, 3.8) is 0 Å². The lowest BCUT2D eigenvalue weighted by Gasteiger charge is -2.35. The molecule has 9 heteroatoms. The number of guanidine groups is 1. The monoisotopic (exact) mass is 544 g/mol. The van der Waals surface area contributed by atoms with Gasteiger partial charge in [0.15, 0.2) is 5.96 Å². The highest BCUT2D eigenvalue weighted by molar-refractivity contribution is 14.0. The van der Waals surface area contributed by atoms with Crippen molar-refractivity contribution in [1.29, 1.82) is 0 Å². The lowest BCUT2D eigenvalue weighted by Crippen LogP contribution is -2.49. The molecule has 0 saturated carbocycles. The number of halogens is 1. The van der Waals surface area contributed by atoms with Gasteiger partial charge in [-0.15, -0.1) is 24.0 Å². The van der Waals surface area contributed by atoms with Crippen molar-refractivity contribution in [2.45, 2.75) is 17.9 Å². The summed E-state index contributed by atoms with van der Waals surface area (Å²) in [5, 5.41) is 3.24. The molecule has 2 N–H and O–H groups in total. The smallest absolute Gasteiger partial charge is 0.240 e. The van der Waals surface area contributed by atoms with E-state index in [2.05, 4.69) is 39.0 Å². The molecule has 0 aliphatic carbocycles. The first kappa shape index (κ1) is 24.6. The van der Waals surface area contributed by atoms with E-state index in [0.717, 1.165) is 12.5 Å². The number of aryl methyl sites for hydroxylation is 1. The fourth-order valence-corrected chi connectivity index (χ4v) is 4.41. The minimum absolute atomic E-state index is 0. The maximum absolute atomic E-state index is 12.3. The fraction of sp³-hybridized carbons (Fsp3) is 0.381. The molecule has 7 nitrogen and oxygen atoms in total. The summed E-state index contributed by atoms with van der Waals surface area (Å²) in [5.41, 5.74) is 2.39. The molecule has 1 atom stereocenters. The topological polar surface area (TPSA) is 83.0 Å². The SMILES string of the molecule is CN=C(NCCNS(=O)(=O)c1ccccc1)N1CCOC(c2ccccc2C)C1.I. The van der Waals surface area contributed by atoms with Crippen LogP contribution >= 0.6 is 24.0 Å². The zero-order chi connectivity index (χ0) is 20.7. The summed E-state index contributed by atoms with van der Waals surface area (Å²) in [6.07, 6.45) is -0.0138. The van der Waals surface area contributed by atoms with E-state index >= 15 is 0 Å². The van der Waals surface area contributed by atoms with Gasteiger partial charge in [-0.25, -0.2) is 13.1 Å². The molecule has 0 radical (unpaired) electrons. The van der Waals surface area contributed by atoms with Crippen molar-refractivity contribution < 1.29 is 13.2 Å². The van der Waals surface area contributed by atoms with E-state index in [1.165, 1.54) is 11.1 Å². The van der Waals surface area contributed by atoms with Gasteiger partial charge in [0.1, 0.15) is 6.10 Å². The molecular weight excluding hydrogens is 515 g/mol. The first-order chi connectivity index (χ1) is 14.0. The van der Waals surface area contributed by atoms with E-state index < -0.39 is 10.0 Å². The second-order valence-corrected chi connectivity index (χ2v) is 8.61. The molecule has 2 aromatic carbocycles. The molecule has 2 aromatic rings. The Bertz CT molecular complexity index is 938. The van der Waals surface area contributed by atoms with Crippen molar-refractivity contribution in [3.8, 4) is 0 Å². The third kappa shape index (κ3) is 6.40. The summed E-state index contributed by atoms with van der Waals surface area (Å²) in [4.78, 5) is 6.76. The number of hydrogen-bond donors (Lipinski definition) is 2. The van der Waals surface area contributed by atoms with Crippen LogP contribution in [0.3, 0.4) is 0 Å². The van der Waals surface area contributed by atoms with Crippen molar-refractivity contribution >= 4 is 40.0 Å². The lowest BCUT2D eigenvalue weighted by atomic mass is 10.0. The normalized spacial score (nSPS) is 17.3. The number of sulfonamides is 1. The van der Waals surface area contributed by atoms with Gasteiger partial charge in [0.25, 0.3) is 0 Å². The summed E-state index contributed by atoms with van der Waals surface area (Å²) < 4.78 is 33.2. The predicted octanol–water partition coefficient (Wildman–Crippen LogP) is 2.54. The Morgan fingerprint density at radius 1 is 1.13 bits per heavy atom. The summed E-state index contributed by atoms with van der Waals surface area (Å²) in [6.45, 7) is 4.83. The number of hydrogen-bond acceptors (Lipinski definition) is 4. The summed E-state index contributed by atoms with van der Waals surface area (Å²) in [5.74, 6) is 0.741. The zero-order valence-corrected chi connectivity index (χ0v) is 20.4. The number of morpholine rings is 1. The molecule has 1 unspecified atom stereocenters. The van der Waals surface area contributed by atoms with Gasteiger partial charge in [-0.1, -0.05) is 42.5 Å². The number of nitrogens with one attached hydrogen (secondary N) is 2. The summed E-state index contributed by atoms with van der Waals surface area (Å²) >= 11 is 0. The molecular formula is C21H29IN4O3S. The molecule has 0 spiro atoms. The molecule has 1 aliphatic rings. The molecule has 30 heavy (non-hydrogen) atoms. The zero-order valence-electron chi connectivity index (χ0n) is 17.2. The molecule has 1 saturated heterocycles. The van der Waals surface area contributed by atoms with Crippen LogP contribution in [0.4, 0.5) is 0 Å². The quantitative estimate of drug-likeness (QED) is 0.253. The highest BCUT2D eigenvalue weighted by Gasteiger charge is 2.25. The molecule has 3 rings (SSSR count). The maximum atomic E-state index is 12.3. The molecule has 0 aromatic heterocycles. The van der Waals surface area contributed by atoms with E-state index in [0.29, 0.717) is 19.7 Å². The van der Waals surface area contributed by atoms with Crippen LogP contribution < -0.4 is 10.0 Å². The minimum atomic E-state index is -3.50. The van der Waals surface area contributed by atoms with Crippen LogP contribution in [0.5, 0.6) is 0 Å². The fourth-order valence-electron chi connectivity index (χ4n) is 3.35. The molecule has 1 heterocycles.